The van der Waals surface area contributed by atoms with Crippen LogP contribution < -0.4 is 0 Å². The molecule has 2 aromatic heterocycles. The van der Waals surface area contributed by atoms with E-state index in [1.807, 2.05) is 0 Å². The Morgan fingerprint density at radius 2 is 0.540 bits per heavy atom. The van der Waals surface area contributed by atoms with Gasteiger partial charge in [-0.25, -0.2) is 0 Å². The van der Waals surface area contributed by atoms with Gasteiger partial charge in [-0.15, -0.1) is 0 Å². The van der Waals surface area contributed by atoms with Gasteiger partial charge < -0.3 is 9.13 Å². The van der Waals surface area contributed by atoms with Gasteiger partial charge in [0.05, 0.1) is 27.5 Å². The lowest BCUT2D eigenvalue weighted by Crippen LogP contribution is -2.28. The first kappa shape index (κ1) is 50.2. The van der Waals surface area contributed by atoms with Crippen LogP contribution in [-0.2, 0) is 5.41 Å². The maximum Gasteiger partial charge on any atom is 0.0713 e. The molecule has 1 aliphatic rings. The van der Waals surface area contributed by atoms with Gasteiger partial charge in [-0.3, -0.25) is 0 Å². The Hall–Kier alpha value is -11.3. The zero-order valence-electron chi connectivity index (χ0n) is 47.7. The molecule has 87 heavy (non-hydrogen) atoms. The molecule has 0 aliphatic heterocycles. The second kappa shape index (κ2) is 20.5. The molecule has 406 valence electrons. The summed E-state index contributed by atoms with van der Waals surface area (Å²) in [5.41, 5.74) is 28.6. The van der Waals surface area contributed by atoms with Crippen LogP contribution in [0.2, 0.25) is 0 Å². The van der Waals surface area contributed by atoms with Crippen LogP contribution in [-0.4, -0.2) is 9.13 Å². The van der Waals surface area contributed by atoms with Gasteiger partial charge in [-0.05, 0) is 167 Å². The molecular weight excluding hydrogens is 1050 g/mol. The Bertz CT molecular complexity index is 5250. The van der Waals surface area contributed by atoms with Gasteiger partial charge in [0.1, 0.15) is 0 Å². The average Bonchev–Trinajstić information content (AvgIpc) is 2.23. The molecule has 14 aromatic carbocycles. The fraction of sp³-hybridized carbons (Fsp3) is 0.0118. The predicted octanol–water partition coefficient (Wildman–Crippen LogP) is 22.2. The number of para-hydroxylation sites is 3. The third-order valence-electron chi connectivity index (χ3n) is 18.5. The van der Waals surface area contributed by atoms with E-state index in [-0.39, 0.29) is 0 Å². The van der Waals surface area contributed by atoms with Crippen molar-refractivity contribution in [3.63, 3.8) is 0 Å². The third kappa shape index (κ3) is 8.17. The van der Waals surface area contributed by atoms with Crippen molar-refractivity contribution < 1.29 is 0 Å². The Balaban J connectivity index is 0.671. The first-order valence-corrected chi connectivity index (χ1v) is 30.1. The van der Waals surface area contributed by atoms with Crippen molar-refractivity contribution in [3.8, 4) is 89.3 Å². The van der Waals surface area contributed by atoms with E-state index in [1.54, 1.807) is 0 Å². The molecule has 0 bridgehead atoms. The molecule has 2 nitrogen and oxygen atoms in total. The molecule has 0 fully saturated rings. The van der Waals surface area contributed by atoms with Crippen LogP contribution in [0, 0.1) is 0 Å². The van der Waals surface area contributed by atoms with Crippen LogP contribution in [0.3, 0.4) is 0 Å². The number of benzene rings is 14. The maximum absolute atomic E-state index is 2.43. The van der Waals surface area contributed by atoms with Crippen molar-refractivity contribution in [2.75, 3.05) is 0 Å². The lowest BCUT2D eigenvalue weighted by Gasteiger charge is -2.34. The van der Waals surface area contributed by atoms with Crippen LogP contribution >= 0.6 is 0 Å². The highest BCUT2D eigenvalue weighted by Crippen LogP contribution is 2.57. The van der Waals surface area contributed by atoms with Crippen molar-refractivity contribution in [1.82, 2.24) is 9.13 Å². The zero-order valence-corrected chi connectivity index (χ0v) is 47.7. The molecule has 0 saturated carbocycles. The van der Waals surface area contributed by atoms with E-state index in [9.17, 15) is 0 Å². The van der Waals surface area contributed by atoms with Crippen LogP contribution in [0.4, 0.5) is 0 Å². The lowest BCUT2D eigenvalue weighted by atomic mass is 9.67. The van der Waals surface area contributed by atoms with Gasteiger partial charge in [-0.1, -0.05) is 273 Å². The molecule has 0 radical (unpaired) electrons. The monoisotopic (exact) mass is 1100 g/mol. The Labute approximate surface area is 506 Å². The topological polar surface area (TPSA) is 9.86 Å². The zero-order chi connectivity index (χ0) is 57.4. The SMILES string of the molecule is c1ccc(-c2ccccc2-c2ccc(C3(c4cccc(-c5ccc(-c6ccc(-c7cccc(-n8c9ccccc9c9cc(-c%10ccc%11c(c%10)c%10ccccc%10n%11-c%10ccccc%10)ccc98)c7)cc6)cc5)c4)c4ccccc4-c4ccccc43)cc2)cc1. The van der Waals surface area contributed by atoms with Gasteiger partial charge >= 0.3 is 0 Å². The summed E-state index contributed by atoms with van der Waals surface area (Å²) in [4.78, 5) is 0. The minimum Gasteiger partial charge on any atom is -0.309 e. The van der Waals surface area contributed by atoms with Crippen LogP contribution in [0.1, 0.15) is 22.3 Å². The molecule has 17 rings (SSSR count). The normalized spacial score (nSPS) is 12.5. The van der Waals surface area contributed by atoms with Gasteiger partial charge in [-0.2, -0.15) is 0 Å². The van der Waals surface area contributed by atoms with E-state index in [0.29, 0.717) is 0 Å². The smallest absolute Gasteiger partial charge is 0.0713 e. The molecule has 0 amide bonds. The highest BCUT2D eigenvalue weighted by atomic mass is 15.0. The fourth-order valence-electron chi connectivity index (χ4n) is 14.4. The molecule has 0 saturated heterocycles. The first-order chi connectivity index (χ1) is 43.1. The Morgan fingerprint density at radius 3 is 1.09 bits per heavy atom. The largest absolute Gasteiger partial charge is 0.309 e. The Morgan fingerprint density at radius 1 is 0.184 bits per heavy atom. The molecule has 0 spiro atoms. The average molecular weight is 1110 g/mol. The maximum atomic E-state index is 2.43. The molecule has 1 aliphatic carbocycles. The van der Waals surface area contributed by atoms with Gasteiger partial charge in [0.2, 0.25) is 0 Å². The molecule has 2 heterocycles. The number of hydrogen-bond donors (Lipinski definition) is 0. The second-order valence-corrected chi connectivity index (χ2v) is 23.1. The van der Waals surface area contributed by atoms with Crippen LogP contribution in [0.25, 0.3) is 133 Å². The number of aromatic nitrogens is 2. The summed E-state index contributed by atoms with van der Waals surface area (Å²) in [6, 6.07) is 126. The lowest BCUT2D eigenvalue weighted by molar-refractivity contribution is 0.769. The summed E-state index contributed by atoms with van der Waals surface area (Å²) in [6.45, 7) is 0. The van der Waals surface area contributed by atoms with E-state index in [0.717, 1.165) is 5.69 Å². The van der Waals surface area contributed by atoms with E-state index < -0.39 is 5.41 Å². The molecular formula is C85H56N2. The second-order valence-electron chi connectivity index (χ2n) is 23.1. The van der Waals surface area contributed by atoms with E-state index in [1.165, 1.54) is 149 Å². The van der Waals surface area contributed by atoms with E-state index in [2.05, 4.69) is 349 Å². The van der Waals surface area contributed by atoms with Crippen molar-refractivity contribution in [3.05, 3.63) is 362 Å². The van der Waals surface area contributed by atoms with Crippen molar-refractivity contribution in [2.24, 2.45) is 0 Å². The van der Waals surface area contributed by atoms with Crippen LogP contribution in [0.5, 0.6) is 0 Å². The van der Waals surface area contributed by atoms with Gasteiger partial charge in [0.15, 0.2) is 0 Å². The van der Waals surface area contributed by atoms with E-state index >= 15 is 0 Å². The highest BCUT2D eigenvalue weighted by Gasteiger charge is 2.46. The standard InChI is InChI=1S/C85H56N2/c1-3-19-61(20-4-1)71-27-7-8-28-72(71)62-45-49-67(50-46-62)85(79-33-13-9-29-73(79)74-30-10-14-34-80(74)85)68-23-17-21-63(53-68)59-41-37-57(38-42-59)58-39-43-60(44-40-58)64-22-18-26-70(54-64)87-82-36-16-12-32-76(82)78-56-66(48-52-84(78)87)65-47-51-83-77(55-65)75-31-11-15-35-81(75)86(83)69-24-5-2-6-25-69/h1-56H. The number of rotatable bonds is 10. The molecule has 0 N–H and O–H groups in total. The number of fused-ring (bicyclic) bond motifs is 9. The minimum absolute atomic E-state index is 0.527. The van der Waals surface area contributed by atoms with Crippen molar-refractivity contribution >= 4 is 43.6 Å². The highest BCUT2D eigenvalue weighted by molar-refractivity contribution is 6.13. The summed E-state index contributed by atoms with van der Waals surface area (Å²) in [5.74, 6) is 0. The molecule has 2 heteroatoms. The van der Waals surface area contributed by atoms with Gasteiger partial charge in [0, 0.05) is 32.9 Å². The summed E-state index contributed by atoms with van der Waals surface area (Å²) < 4.78 is 4.81. The number of nitrogens with zero attached hydrogens (tertiary/aromatic N) is 2. The summed E-state index contributed by atoms with van der Waals surface area (Å²) in [6.07, 6.45) is 0. The third-order valence-corrected chi connectivity index (χ3v) is 18.5. The first-order valence-electron chi connectivity index (χ1n) is 30.1. The molecule has 0 unspecified atom stereocenters. The quantitative estimate of drug-likeness (QED) is 0.129. The summed E-state index contributed by atoms with van der Waals surface area (Å²) >= 11 is 0. The van der Waals surface area contributed by atoms with E-state index in [4.69, 9.17) is 0 Å². The Kier molecular flexibility index (Phi) is 11.8. The summed E-state index contributed by atoms with van der Waals surface area (Å²) in [7, 11) is 0. The number of hydrogen-bond acceptors (Lipinski definition) is 0. The van der Waals surface area contributed by atoms with Gasteiger partial charge in [0.25, 0.3) is 0 Å². The minimum atomic E-state index is -0.527. The predicted molar refractivity (Wildman–Crippen MR) is 365 cm³/mol. The summed E-state index contributed by atoms with van der Waals surface area (Å²) in [5, 5.41) is 4.98. The molecule has 16 aromatic rings. The fourth-order valence-corrected chi connectivity index (χ4v) is 14.4. The van der Waals surface area contributed by atoms with Crippen molar-refractivity contribution in [2.45, 2.75) is 5.41 Å². The van der Waals surface area contributed by atoms with Crippen molar-refractivity contribution in [1.29, 1.82) is 0 Å². The molecule has 0 atom stereocenters. The van der Waals surface area contributed by atoms with Crippen LogP contribution in [0.15, 0.2) is 340 Å².